The molecular formula is C48H38BN3S. The number of rotatable bonds is 5. The lowest BCUT2D eigenvalue weighted by Gasteiger charge is -2.44. The predicted molar refractivity (Wildman–Crippen MR) is 229 cm³/mol. The third kappa shape index (κ3) is 5.10. The monoisotopic (exact) mass is 699 g/mol. The summed E-state index contributed by atoms with van der Waals surface area (Å²) >= 11 is 1.94. The van der Waals surface area contributed by atoms with Crippen molar-refractivity contribution < 1.29 is 0 Å². The normalized spacial score (nSPS) is 13.1. The van der Waals surface area contributed by atoms with E-state index in [0.717, 1.165) is 28.4 Å². The van der Waals surface area contributed by atoms with Gasteiger partial charge in [-0.1, -0.05) is 124 Å². The van der Waals surface area contributed by atoms with Gasteiger partial charge in [0.05, 0.1) is 11.4 Å². The smallest absolute Gasteiger partial charge is 0.264 e. The number of benzene rings is 7. The molecule has 53 heavy (non-hydrogen) atoms. The molecule has 0 radical (unpaired) electrons. The SMILES string of the molecule is CC(C)(C)c1ccc(N2c3cc(N(c4ccccc4)c4ccccc4)cc4c3B(c3ccccc3N4c3ccccc3)c3sc4ccccc4c32)cc1. The van der Waals surface area contributed by atoms with Gasteiger partial charge >= 0.3 is 0 Å². The fourth-order valence-corrected chi connectivity index (χ4v) is 9.65. The van der Waals surface area contributed by atoms with Gasteiger partial charge in [0.1, 0.15) is 0 Å². The summed E-state index contributed by atoms with van der Waals surface area (Å²) in [6, 6.07) is 64.5. The Kier molecular flexibility index (Phi) is 7.35. The van der Waals surface area contributed by atoms with Gasteiger partial charge in [-0.3, -0.25) is 0 Å². The van der Waals surface area contributed by atoms with Crippen molar-refractivity contribution in [1.29, 1.82) is 0 Å². The van der Waals surface area contributed by atoms with E-state index in [4.69, 9.17) is 0 Å². The first kappa shape index (κ1) is 31.7. The zero-order valence-electron chi connectivity index (χ0n) is 30.1. The second-order valence-electron chi connectivity index (χ2n) is 15.0. The van der Waals surface area contributed by atoms with Crippen LogP contribution in [-0.2, 0) is 5.41 Å². The van der Waals surface area contributed by atoms with Crippen molar-refractivity contribution in [3.8, 4) is 0 Å². The number of hydrogen-bond donors (Lipinski definition) is 0. The minimum absolute atomic E-state index is 0.0522. The van der Waals surface area contributed by atoms with Gasteiger partial charge in [-0.05, 0) is 94.7 Å². The van der Waals surface area contributed by atoms with Crippen LogP contribution in [0.2, 0.25) is 0 Å². The van der Waals surface area contributed by atoms with Crippen LogP contribution in [0.5, 0.6) is 0 Å². The van der Waals surface area contributed by atoms with E-state index in [-0.39, 0.29) is 12.1 Å². The highest BCUT2D eigenvalue weighted by Crippen LogP contribution is 2.50. The van der Waals surface area contributed by atoms with E-state index in [9.17, 15) is 0 Å². The highest BCUT2D eigenvalue weighted by Gasteiger charge is 2.45. The molecule has 0 unspecified atom stereocenters. The third-order valence-electron chi connectivity index (χ3n) is 10.8. The van der Waals surface area contributed by atoms with E-state index in [0.29, 0.717) is 0 Å². The number of para-hydroxylation sites is 4. The summed E-state index contributed by atoms with van der Waals surface area (Å²) in [7, 11) is 0. The Labute approximate surface area is 316 Å². The molecule has 0 atom stereocenters. The summed E-state index contributed by atoms with van der Waals surface area (Å²) in [5.41, 5.74) is 14.6. The number of nitrogens with zero attached hydrogens (tertiary/aromatic N) is 3. The first-order valence-corrected chi connectivity index (χ1v) is 19.2. The minimum Gasteiger partial charge on any atom is -0.311 e. The molecule has 0 bridgehead atoms. The van der Waals surface area contributed by atoms with Crippen LogP contribution in [0.4, 0.5) is 51.2 Å². The van der Waals surface area contributed by atoms with Gasteiger partial charge in [-0.15, -0.1) is 11.3 Å². The van der Waals surface area contributed by atoms with Gasteiger partial charge in [0, 0.05) is 54.7 Å². The molecule has 0 N–H and O–H groups in total. The van der Waals surface area contributed by atoms with Crippen LogP contribution in [0.25, 0.3) is 10.1 Å². The Morgan fingerprint density at radius 2 is 1.06 bits per heavy atom. The number of thiophene rings is 1. The van der Waals surface area contributed by atoms with Crippen LogP contribution in [0, 0.1) is 0 Å². The average molecular weight is 700 g/mol. The van der Waals surface area contributed by atoms with Gasteiger partial charge in [0.25, 0.3) is 6.71 Å². The first-order chi connectivity index (χ1) is 26.0. The van der Waals surface area contributed by atoms with Crippen LogP contribution >= 0.6 is 11.3 Å². The molecule has 2 aliphatic rings. The van der Waals surface area contributed by atoms with Crippen molar-refractivity contribution in [1.82, 2.24) is 0 Å². The van der Waals surface area contributed by atoms with Crippen LogP contribution < -0.4 is 30.4 Å². The zero-order valence-corrected chi connectivity index (χ0v) is 30.9. The molecule has 0 saturated heterocycles. The summed E-state index contributed by atoms with van der Waals surface area (Å²) in [4.78, 5) is 7.45. The molecular weight excluding hydrogens is 661 g/mol. The Morgan fingerprint density at radius 3 is 1.72 bits per heavy atom. The van der Waals surface area contributed by atoms with E-state index in [2.05, 4.69) is 211 Å². The number of fused-ring (bicyclic) bond motifs is 6. The molecule has 0 saturated carbocycles. The van der Waals surface area contributed by atoms with Crippen molar-refractivity contribution in [2.45, 2.75) is 26.2 Å². The highest BCUT2D eigenvalue weighted by atomic mass is 32.1. The van der Waals surface area contributed by atoms with Crippen LogP contribution in [-0.4, -0.2) is 6.71 Å². The first-order valence-electron chi connectivity index (χ1n) is 18.4. The van der Waals surface area contributed by atoms with Gasteiger partial charge in [-0.2, -0.15) is 0 Å². The molecule has 0 aliphatic carbocycles. The van der Waals surface area contributed by atoms with E-state index in [1.807, 2.05) is 11.3 Å². The van der Waals surface area contributed by atoms with Gasteiger partial charge in [0.15, 0.2) is 0 Å². The highest BCUT2D eigenvalue weighted by molar-refractivity contribution is 7.33. The van der Waals surface area contributed by atoms with Crippen molar-refractivity contribution in [2.24, 2.45) is 0 Å². The van der Waals surface area contributed by atoms with E-state index in [1.165, 1.54) is 54.1 Å². The zero-order chi connectivity index (χ0) is 35.7. The summed E-state index contributed by atoms with van der Waals surface area (Å²) in [6.07, 6.45) is 0. The van der Waals surface area contributed by atoms with Crippen molar-refractivity contribution >= 4 is 95.0 Å². The molecule has 3 nitrogen and oxygen atoms in total. The third-order valence-corrected chi connectivity index (χ3v) is 12.0. The maximum absolute atomic E-state index is 2.56. The summed E-state index contributed by atoms with van der Waals surface area (Å²) in [6.45, 7) is 6.93. The molecule has 10 rings (SSSR count). The van der Waals surface area contributed by atoms with Crippen LogP contribution in [0.15, 0.2) is 176 Å². The van der Waals surface area contributed by atoms with Crippen molar-refractivity contribution in [3.63, 3.8) is 0 Å². The summed E-state index contributed by atoms with van der Waals surface area (Å²) in [5.74, 6) is 0. The maximum atomic E-state index is 2.56. The minimum atomic E-state index is 0.0522. The lowest BCUT2D eigenvalue weighted by Crippen LogP contribution is -2.60. The Bertz CT molecular complexity index is 2570. The lowest BCUT2D eigenvalue weighted by molar-refractivity contribution is 0.590. The van der Waals surface area contributed by atoms with Crippen LogP contribution in [0.1, 0.15) is 26.3 Å². The Hall–Kier alpha value is -6.04. The number of anilines is 9. The van der Waals surface area contributed by atoms with E-state index >= 15 is 0 Å². The molecule has 7 aromatic carbocycles. The fraction of sp³-hybridized carbons (Fsp3) is 0.0833. The molecule has 0 spiro atoms. The van der Waals surface area contributed by atoms with Gasteiger partial charge < -0.3 is 14.7 Å². The van der Waals surface area contributed by atoms with Gasteiger partial charge in [0.2, 0.25) is 0 Å². The molecule has 2 aliphatic heterocycles. The van der Waals surface area contributed by atoms with Crippen molar-refractivity contribution in [3.05, 3.63) is 181 Å². The fourth-order valence-electron chi connectivity index (χ4n) is 8.33. The molecule has 3 heterocycles. The quantitative estimate of drug-likeness (QED) is 0.166. The molecule has 5 heteroatoms. The Balaban J connectivity index is 1.34. The second kappa shape index (κ2) is 12.3. The average Bonchev–Trinajstić information content (AvgIpc) is 3.58. The molecule has 0 amide bonds. The molecule has 0 fully saturated rings. The van der Waals surface area contributed by atoms with Crippen molar-refractivity contribution in [2.75, 3.05) is 14.7 Å². The predicted octanol–water partition coefficient (Wildman–Crippen LogP) is 11.8. The van der Waals surface area contributed by atoms with E-state index < -0.39 is 0 Å². The molecule has 254 valence electrons. The van der Waals surface area contributed by atoms with Gasteiger partial charge in [-0.25, -0.2) is 0 Å². The standard InChI is InChI=1S/C48H38BN3S/c1-48(2,3)33-27-29-37(30-28-33)52-43-32-38(50(34-17-7-4-8-18-34)35-19-9-5-10-20-35)31-42-45(43)49(47-46(52)39-23-13-16-26-44(39)53-47)40-24-14-15-25-41(40)51(42)36-21-11-6-12-22-36/h4-32H,1-3H3. The summed E-state index contributed by atoms with van der Waals surface area (Å²) < 4.78 is 2.69. The lowest BCUT2D eigenvalue weighted by atomic mass is 9.36. The summed E-state index contributed by atoms with van der Waals surface area (Å²) in [5, 5.41) is 1.29. The Morgan fingerprint density at radius 1 is 0.509 bits per heavy atom. The number of hydrogen-bond acceptors (Lipinski definition) is 4. The van der Waals surface area contributed by atoms with Crippen LogP contribution in [0.3, 0.4) is 0 Å². The van der Waals surface area contributed by atoms with E-state index in [1.54, 1.807) is 0 Å². The molecule has 8 aromatic rings. The second-order valence-corrected chi connectivity index (χ2v) is 16.1. The topological polar surface area (TPSA) is 9.72 Å². The largest absolute Gasteiger partial charge is 0.311 e. The maximum Gasteiger partial charge on any atom is 0.264 e. The molecule has 1 aromatic heterocycles.